The molecule has 1 aliphatic heterocycles. The molecule has 1 amide bonds. The van der Waals surface area contributed by atoms with E-state index in [1.54, 1.807) is 6.92 Å². The number of carboxylic acid groups (broad SMARTS) is 1. The first-order chi connectivity index (χ1) is 7.07. The smallest absolute Gasteiger partial charge is 0.330 e. The second-order valence-corrected chi connectivity index (χ2v) is 3.84. The predicted octanol–water partition coefficient (Wildman–Crippen LogP) is 1.42. The Morgan fingerprint density at radius 1 is 1.60 bits per heavy atom. The van der Waals surface area contributed by atoms with Crippen molar-refractivity contribution in [1.82, 2.24) is 4.90 Å². The summed E-state index contributed by atoms with van der Waals surface area (Å²) in [5, 5.41) is 8.99. The van der Waals surface area contributed by atoms with Crippen molar-refractivity contribution in [3.05, 3.63) is 11.6 Å². The lowest BCUT2D eigenvalue weighted by Crippen LogP contribution is -2.42. The van der Waals surface area contributed by atoms with Crippen LogP contribution in [0.1, 0.15) is 33.1 Å². The third-order valence-corrected chi connectivity index (χ3v) is 2.65. The van der Waals surface area contributed by atoms with E-state index < -0.39 is 12.0 Å². The number of amides is 1. The van der Waals surface area contributed by atoms with Crippen molar-refractivity contribution in [3.8, 4) is 0 Å². The summed E-state index contributed by atoms with van der Waals surface area (Å²) in [6.45, 7) is 4.20. The standard InChI is InChI=1S/C11H17NO3/c1-3-4-5-9(13)12-7-6-8(2)10(12)11(14)15/h6,10H,3-5,7H2,1-2H3,(H,14,15). The largest absolute Gasteiger partial charge is 0.479 e. The third-order valence-electron chi connectivity index (χ3n) is 2.65. The van der Waals surface area contributed by atoms with Crippen molar-refractivity contribution >= 4 is 11.9 Å². The quantitative estimate of drug-likeness (QED) is 0.715. The van der Waals surface area contributed by atoms with Gasteiger partial charge in [-0.1, -0.05) is 19.4 Å². The fourth-order valence-electron chi connectivity index (χ4n) is 1.75. The molecule has 1 aliphatic rings. The molecule has 0 saturated carbocycles. The molecule has 1 heterocycles. The van der Waals surface area contributed by atoms with Crippen LogP contribution in [0, 0.1) is 0 Å². The van der Waals surface area contributed by atoms with E-state index >= 15 is 0 Å². The lowest BCUT2D eigenvalue weighted by molar-refractivity contribution is -0.147. The molecule has 1 atom stereocenters. The highest BCUT2D eigenvalue weighted by atomic mass is 16.4. The molecular weight excluding hydrogens is 194 g/mol. The lowest BCUT2D eigenvalue weighted by Gasteiger charge is -2.22. The van der Waals surface area contributed by atoms with Gasteiger partial charge in [-0.2, -0.15) is 0 Å². The molecule has 4 nitrogen and oxygen atoms in total. The van der Waals surface area contributed by atoms with Gasteiger partial charge in [0.05, 0.1) is 0 Å². The van der Waals surface area contributed by atoms with Crippen LogP contribution in [0.4, 0.5) is 0 Å². The molecule has 0 aromatic rings. The summed E-state index contributed by atoms with van der Waals surface area (Å²) in [5.41, 5.74) is 0.757. The first-order valence-corrected chi connectivity index (χ1v) is 5.26. The van der Waals surface area contributed by atoms with Crippen molar-refractivity contribution in [2.45, 2.75) is 39.2 Å². The minimum atomic E-state index is -0.939. The lowest BCUT2D eigenvalue weighted by atomic mass is 10.1. The fourth-order valence-corrected chi connectivity index (χ4v) is 1.75. The van der Waals surface area contributed by atoms with Gasteiger partial charge in [0, 0.05) is 13.0 Å². The Labute approximate surface area is 89.6 Å². The van der Waals surface area contributed by atoms with E-state index in [9.17, 15) is 9.59 Å². The van der Waals surface area contributed by atoms with Crippen molar-refractivity contribution in [1.29, 1.82) is 0 Å². The maximum atomic E-state index is 11.7. The molecule has 0 spiro atoms. The Morgan fingerprint density at radius 2 is 2.27 bits per heavy atom. The van der Waals surface area contributed by atoms with Crippen LogP contribution in [0.25, 0.3) is 0 Å². The number of carbonyl (C=O) groups excluding carboxylic acids is 1. The normalized spacial score (nSPS) is 20.3. The Kier molecular flexibility index (Phi) is 3.88. The third kappa shape index (κ3) is 2.58. The van der Waals surface area contributed by atoms with E-state index in [-0.39, 0.29) is 5.91 Å². The number of hydrogen-bond donors (Lipinski definition) is 1. The number of rotatable bonds is 4. The first kappa shape index (κ1) is 11.8. The van der Waals surface area contributed by atoms with Crippen LogP contribution in [0.5, 0.6) is 0 Å². The molecule has 0 saturated heterocycles. The van der Waals surface area contributed by atoms with E-state index in [1.165, 1.54) is 4.90 Å². The predicted molar refractivity (Wildman–Crippen MR) is 56.4 cm³/mol. The molecule has 0 aliphatic carbocycles. The summed E-state index contributed by atoms with van der Waals surface area (Å²) in [6.07, 6.45) is 4.02. The molecule has 0 radical (unpaired) electrons. The molecule has 0 bridgehead atoms. The maximum absolute atomic E-state index is 11.7. The highest BCUT2D eigenvalue weighted by molar-refractivity contribution is 5.87. The van der Waals surface area contributed by atoms with Crippen LogP contribution in [0.15, 0.2) is 11.6 Å². The summed E-state index contributed by atoms with van der Waals surface area (Å²) in [6, 6.07) is -0.741. The Bertz CT molecular complexity index is 296. The number of hydrogen-bond acceptors (Lipinski definition) is 2. The maximum Gasteiger partial charge on any atom is 0.330 e. The van der Waals surface area contributed by atoms with Gasteiger partial charge in [0.25, 0.3) is 0 Å². The zero-order valence-electron chi connectivity index (χ0n) is 9.19. The zero-order chi connectivity index (χ0) is 11.4. The summed E-state index contributed by atoms with van der Waals surface area (Å²) in [5.74, 6) is -0.997. The minimum absolute atomic E-state index is 0.0580. The fraction of sp³-hybridized carbons (Fsp3) is 0.636. The van der Waals surface area contributed by atoms with Crippen LogP contribution < -0.4 is 0 Å². The van der Waals surface area contributed by atoms with Gasteiger partial charge in [0.15, 0.2) is 6.04 Å². The average Bonchev–Trinajstić information content (AvgIpc) is 2.56. The molecule has 1 rings (SSSR count). The van der Waals surface area contributed by atoms with Gasteiger partial charge in [-0.25, -0.2) is 4.79 Å². The molecular formula is C11H17NO3. The molecule has 84 valence electrons. The van der Waals surface area contributed by atoms with E-state index in [0.29, 0.717) is 13.0 Å². The number of aliphatic carboxylic acids is 1. The first-order valence-electron chi connectivity index (χ1n) is 5.26. The van der Waals surface area contributed by atoms with E-state index in [2.05, 4.69) is 0 Å². The van der Waals surface area contributed by atoms with E-state index in [4.69, 9.17) is 5.11 Å². The Hall–Kier alpha value is -1.32. The molecule has 0 aromatic carbocycles. The second kappa shape index (κ2) is 4.96. The average molecular weight is 211 g/mol. The van der Waals surface area contributed by atoms with Crippen molar-refractivity contribution < 1.29 is 14.7 Å². The van der Waals surface area contributed by atoms with Crippen LogP contribution >= 0.6 is 0 Å². The molecule has 0 fully saturated rings. The van der Waals surface area contributed by atoms with Crippen LogP contribution in [0.3, 0.4) is 0 Å². The number of unbranched alkanes of at least 4 members (excludes halogenated alkanes) is 1. The monoisotopic (exact) mass is 211 g/mol. The van der Waals surface area contributed by atoms with Crippen molar-refractivity contribution in [2.75, 3.05) is 6.54 Å². The van der Waals surface area contributed by atoms with Crippen molar-refractivity contribution in [2.24, 2.45) is 0 Å². The van der Waals surface area contributed by atoms with Gasteiger partial charge in [0.2, 0.25) is 5.91 Å². The van der Waals surface area contributed by atoms with E-state index in [0.717, 1.165) is 18.4 Å². The van der Waals surface area contributed by atoms with Crippen molar-refractivity contribution in [3.63, 3.8) is 0 Å². The minimum Gasteiger partial charge on any atom is -0.479 e. The molecule has 15 heavy (non-hydrogen) atoms. The van der Waals surface area contributed by atoms with E-state index in [1.807, 2.05) is 13.0 Å². The molecule has 4 heteroatoms. The van der Waals surface area contributed by atoms with Crippen LogP contribution in [0.2, 0.25) is 0 Å². The van der Waals surface area contributed by atoms with Gasteiger partial charge in [-0.3, -0.25) is 4.79 Å². The number of nitrogens with zero attached hydrogens (tertiary/aromatic N) is 1. The highest BCUT2D eigenvalue weighted by Gasteiger charge is 2.33. The summed E-state index contributed by atoms with van der Waals surface area (Å²) in [7, 11) is 0. The summed E-state index contributed by atoms with van der Waals surface area (Å²) < 4.78 is 0. The van der Waals surface area contributed by atoms with Gasteiger partial charge in [-0.05, 0) is 18.9 Å². The number of carbonyl (C=O) groups is 2. The van der Waals surface area contributed by atoms with Crippen LogP contribution in [-0.2, 0) is 9.59 Å². The van der Waals surface area contributed by atoms with Gasteiger partial charge in [-0.15, -0.1) is 0 Å². The molecule has 0 aromatic heterocycles. The van der Waals surface area contributed by atoms with Gasteiger partial charge in [0.1, 0.15) is 0 Å². The Balaban J connectivity index is 2.63. The van der Waals surface area contributed by atoms with Gasteiger partial charge >= 0.3 is 5.97 Å². The molecule has 1 N–H and O–H groups in total. The van der Waals surface area contributed by atoms with Crippen LogP contribution in [-0.4, -0.2) is 34.5 Å². The Morgan fingerprint density at radius 3 is 2.80 bits per heavy atom. The second-order valence-electron chi connectivity index (χ2n) is 3.84. The SMILES string of the molecule is CCCCC(=O)N1CC=C(C)C1C(=O)O. The summed E-state index contributed by atoms with van der Waals surface area (Å²) >= 11 is 0. The highest BCUT2D eigenvalue weighted by Crippen LogP contribution is 2.19. The summed E-state index contributed by atoms with van der Waals surface area (Å²) in [4.78, 5) is 24.1. The molecule has 1 unspecified atom stereocenters. The van der Waals surface area contributed by atoms with Gasteiger partial charge < -0.3 is 10.0 Å². The number of carboxylic acids is 1. The topological polar surface area (TPSA) is 57.6 Å². The zero-order valence-corrected chi connectivity index (χ0v) is 9.19.